The van der Waals surface area contributed by atoms with Gasteiger partial charge in [-0.25, -0.2) is 0 Å². The van der Waals surface area contributed by atoms with Crippen molar-refractivity contribution in [1.29, 1.82) is 0 Å². The Hall–Kier alpha value is -1.13. The smallest absolute Gasteiger partial charge is 0.316 e. The number of aliphatic carboxylic acids is 1. The van der Waals surface area contributed by atoms with Crippen LogP contribution in [0.3, 0.4) is 0 Å². The van der Waals surface area contributed by atoms with Crippen LogP contribution in [0.1, 0.15) is 32.1 Å². The van der Waals surface area contributed by atoms with Gasteiger partial charge in [0, 0.05) is 10.8 Å². The predicted octanol–water partition coefficient (Wildman–Crippen LogP) is 1.54. The molecule has 0 aromatic rings. The zero-order valence-corrected chi connectivity index (χ0v) is 8.96. The van der Waals surface area contributed by atoms with Crippen LogP contribution in [0, 0.1) is 33.3 Å². The number of rotatable bonds is 2. The Morgan fingerprint density at radius 1 is 1.25 bits per heavy atom. The molecule has 4 bridgehead atoms. The first kappa shape index (κ1) is 10.1. The summed E-state index contributed by atoms with van der Waals surface area (Å²) in [6.45, 7) is 0. The van der Waals surface area contributed by atoms with E-state index in [1.54, 1.807) is 0 Å². The minimum Gasteiger partial charge on any atom is -0.481 e. The van der Waals surface area contributed by atoms with Crippen molar-refractivity contribution in [3.8, 4) is 0 Å². The number of hydrogen-bond donors (Lipinski definition) is 1. The quantitative estimate of drug-likeness (QED) is 0.571. The van der Waals surface area contributed by atoms with Crippen molar-refractivity contribution in [3.63, 3.8) is 0 Å². The Morgan fingerprint density at radius 2 is 1.81 bits per heavy atom. The average molecular weight is 225 g/mol. The number of carboxylic acid groups (broad SMARTS) is 1. The highest BCUT2D eigenvalue weighted by Gasteiger charge is 2.66. The molecular formula is C11H15NO4. The molecule has 0 aromatic heterocycles. The van der Waals surface area contributed by atoms with Gasteiger partial charge in [-0.05, 0) is 43.9 Å². The van der Waals surface area contributed by atoms with Crippen LogP contribution >= 0.6 is 0 Å². The molecule has 0 aromatic carbocycles. The summed E-state index contributed by atoms with van der Waals surface area (Å²) in [5.74, 6) is -0.0831. The molecule has 0 saturated heterocycles. The summed E-state index contributed by atoms with van der Waals surface area (Å²) in [5.41, 5.74) is -1.04. The van der Waals surface area contributed by atoms with E-state index in [9.17, 15) is 20.0 Å². The van der Waals surface area contributed by atoms with E-state index in [0.29, 0.717) is 24.7 Å². The van der Waals surface area contributed by atoms with Crippen LogP contribution in [-0.2, 0) is 4.79 Å². The lowest BCUT2D eigenvalue weighted by Crippen LogP contribution is -2.61. The van der Waals surface area contributed by atoms with Gasteiger partial charge in [-0.1, -0.05) is 0 Å². The molecule has 4 aliphatic carbocycles. The summed E-state index contributed by atoms with van der Waals surface area (Å²) in [7, 11) is 0. The van der Waals surface area contributed by atoms with E-state index in [1.807, 2.05) is 0 Å². The maximum absolute atomic E-state index is 11.5. The van der Waals surface area contributed by atoms with Gasteiger partial charge in [0.1, 0.15) is 5.41 Å². The Bertz CT molecular complexity index is 353. The number of nitrogens with zero attached hydrogens (tertiary/aromatic N) is 1. The SMILES string of the molecule is O=C(O)C12C[C@H]3CC(C[C@@H](C3)C1)[C@@H]2[N+](=O)[O-]. The van der Waals surface area contributed by atoms with Gasteiger partial charge in [0.15, 0.2) is 0 Å². The zero-order chi connectivity index (χ0) is 11.5. The van der Waals surface area contributed by atoms with Crippen LogP contribution < -0.4 is 0 Å². The van der Waals surface area contributed by atoms with Crippen LogP contribution in [0.15, 0.2) is 0 Å². The van der Waals surface area contributed by atoms with Crippen LogP contribution in [0.25, 0.3) is 0 Å². The summed E-state index contributed by atoms with van der Waals surface area (Å²) in [4.78, 5) is 22.3. The first-order chi connectivity index (χ1) is 7.53. The molecule has 4 fully saturated rings. The van der Waals surface area contributed by atoms with E-state index in [0.717, 1.165) is 19.3 Å². The molecule has 5 nitrogen and oxygen atoms in total. The van der Waals surface area contributed by atoms with Gasteiger partial charge in [-0.3, -0.25) is 14.9 Å². The number of hydrogen-bond acceptors (Lipinski definition) is 3. The maximum Gasteiger partial charge on any atom is 0.316 e. The molecule has 5 heteroatoms. The zero-order valence-electron chi connectivity index (χ0n) is 8.96. The molecule has 0 amide bonds. The molecule has 0 radical (unpaired) electrons. The van der Waals surface area contributed by atoms with Gasteiger partial charge in [0.25, 0.3) is 0 Å². The second-order valence-corrected chi connectivity index (χ2v) is 5.80. The Labute approximate surface area is 93.0 Å². The average Bonchev–Trinajstić information content (AvgIpc) is 2.14. The summed E-state index contributed by atoms with van der Waals surface area (Å²) < 4.78 is 0. The Balaban J connectivity index is 2.05. The Morgan fingerprint density at radius 3 is 2.25 bits per heavy atom. The van der Waals surface area contributed by atoms with Crippen molar-refractivity contribution in [1.82, 2.24) is 0 Å². The summed E-state index contributed by atoms with van der Waals surface area (Å²) in [6, 6.07) is -0.835. The highest BCUT2D eigenvalue weighted by Crippen LogP contribution is 2.60. The fraction of sp³-hybridized carbons (Fsp3) is 0.909. The molecule has 4 saturated carbocycles. The summed E-state index contributed by atoms with van der Waals surface area (Å²) >= 11 is 0. The number of nitro groups is 1. The fourth-order valence-corrected chi connectivity index (χ4v) is 4.69. The lowest BCUT2D eigenvalue weighted by atomic mass is 9.47. The molecule has 0 heterocycles. The normalized spacial score (nSPS) is 49.2. The van der Waals surface area contributed by atoms with E-state index in [4.69, 9.17) is 0 Å². The Kier molecular flexibility index (Phi) is 1.86. The standard InChI is InChI=1S/C11H15NO4/c13-10(14)11-4-6-1-7(5-11)3-8(2-6)9(11)12(15)16/h6-9H,1-5H2,(H,13,14)/t6-,7-,8?,9+,11?/m1/s1. The fourth-order valence-electron chi connectivity index (χ4n) is 4.69. The third-order valence-electron chi connectivity index (χ3n) is 4.91. The van der Waals surface area contributed by atoms with Gasteiger partial charge in [-0.2, -0.15) is 0 Å². The van der Waals surface area contributed by atoms with Crippen molar-refractivity contribution in [2.45, 2.75) is 38.1 Å². The van der Waals surface area contributed by atoms with Crippen molar-refractivity contribution in [3.05, 3.63) is 10.1 Å². The molecule has 0 spiro atoms. The third kappa shape index (κ3) is 1.09. The monoisotopic (exact) mass is 225 g/mol. The van der Waals surface area contributed by atoms with Crippen LogP contribution in [0.2, 0.25) is 0 Å². The van der Waals surface area contributed by atoms with Gasteiger partial charge in [0.05, 0.1) is 0 Å². The van der Waals surface area contributed by atoms with Crippen molar-refractivity contribution in [2.75, 3.05) is 0 Å². The third-order valence-corrected chi connectivity index (χ3v) is 4.91. The van der Waals surface area contributed by atoms with Crippen LogP contribution in [-0.4, -0.2) is 22.0 Å². The summed E-state index contributed by atoms with van der Waals surface area (Å²) in [6.07, 6.45) is 3.90. The highest BCUT2D eigenvalue weighted by molar-refractivity contribution is 5.76. The van der Waals surface area contributed by atoms with Gasteiger partial charge in [-0.15, -0.1) is 0 Å². The minimum atomic E-state index is -1.04. The van der Waals surface area contributed by atoms with Gasteiger partial charge >= 0.3 is 5.97 Å². The first-order valence-electron chi connectivity index (χ1n) is 5.90. The van der Waals surface area contributed by atoms with Crippen molar-refractivity contribution < 1.29 is 14.8 Å². The van der Waals surface area contributed by atoms with E-state index >= 15 is 0 Å². The molecule has 4 rings (SSSR count). The first-order valence-corrected chi connectivity index (χ1v) is 5.90. The lowest BCUT2D eigenvalue weighted by Gasteiger charge is -2.54. The molecule has 16 heavy (non-hydrogen) atoms. The predicted molar refractivity (Wildman–Crippen MR) is 54.4 cm³/mol. The van der Waals surface area contributed by atoms with Crippen molar-refractivity contribution >= 4 is 5.97 Å². The molecule has 0 aliphatic heterocycles. The molecular weight excluding hydrogens is 210 g/mol. The van der Waals surface area contributed by atoms with Crippen LogP contribution in [0.4, 0.5) is 0 Å². The van der Waals surface area contributed by atoms with Gasteiger partial charge in [0.2, 0.25) is 6.04 Å². The highest BCUT2D eigenvalue weighted by atomic mass is 16.6. The van der Waals surface area contributed by atoms with E-state index in [1.165, 1.54) is 0 Å². The number of carbonyl (C=O) groups is 1. The number of carboxylic acids is 1. The largest absolute Gasteiger partial charge is 0.481 e. The van der Waals surface area contributed by atoms with Crippen molar-refractivity contribution in [2.24, 2.45) is 23.2 Å². The molecule has 88 valence electrons. The molecule has 3 atom stereocenters. The van der Waals surface area contributed by atoms with E-state index in [2.05, 4.69) is 0 Å². The molecule has 1 N–H and O–H groups in total. The maximum atomic E-state index is 11.5. The molecule has 0 unspecified atom stereocenters. The van der Waals surface area contributed by atoms with Crippen LogP contribution in [0.5, 0.6) is 0 Å². The minimum absolute atomic E-state index is 0.0114. The topological polar surface area (TPSA) is 80.4 Å². The summed E-state index contributed by atoms with van der Waals surface area (Å²) in [5, 5.41) is 20.5. The van der Waals surface area contributed by atoms with E-state index in [-0.39, 0.29) is 10.8 Å². The van der Waals surface area contributed by atoms with E-state index < -0.39 is 17.4 Å². The second-order valence-electron chi connectivity index (χ2n) is 5.80. The second kappa shape index (κ2) is 2.96. The van der Waals surface area contributed by atoms with Gasteiger partial charge < -0.3 is 5.11 Å². The lowest BCUT2D eigenvalue weighted by molar-refractivity contribution is -0.561. The molecule has 4 aliphatic rings.